The Labute approximate surface area is 126 Å². The van der Waals surface area contributed by atoms with Crippen LogP contribution in [0.15, 0.2) is 0 Å². The maximum absolute atomic E-state index is 12.2. The first-order valence-corrected chi connectivity index (χ1v) is 8.33. The number of ether oxygens (including phenoxy) is 1. The Morgan fingerprint density at radius 2 is 2.14 bits per heavy atom. The van der Waals surface area contributed by atoms with Crippen LogP contribution in [0, 0.1) is 11.8 Å². The van der Waals surface area contributed by atoms with Gasteiger partial charge >= 0.3 is 5.97 Å². The first-order chi connectivity index (χ1) is 10.1. The number of amides is 1. The highest BCUT2D eigenvalue weighted by molar-refractivity contribution is 5.81. The molecule has 1 saturated carbocycles. The van der Waals surface area contributed by atoms with Gasteiger partial charge in [-0.25, -0.2) is 0 Å². The van der Waals surface area contributed by atoms with E-state index in [0.29, 0.717) is 23.8 Å². The average molecular weight is 294 g/mol. The molecule has 3 fully saturated rings. The van der Waals surface area contributed by atoms with Gasteiger partial charge in [0.25, 0.3) is 0 Å². The Bertz CT molecular complexity index is 422. The molecule has 118 valence electrons. The van der Waals surface area contributed by atoms with Crippen molar-refractivity contribution < 1.29 is 14.3 Å². The molecule has 0 aromatic rings. The van der Waals surface area contributed by atoms with Gasteiger partial charge in [-0.1, -0.05) is 13.3 Å². The van der Waals surface area contributed by atoms with E-state index in [-0.39, 0.29) is 18.1 Å². The third-order valence-corrected chi connectivity index (χ3v) is 5.08. The van der Waals surface area contributed by atoms with E-state index in [1.54, 1.807) is 0 Å². The second kappa shape index (κ2) is 5.95. The molecule has 21 heavy (non-hydrogen) atoms. The van der Waals surface area contributed by atoms with Gasteiger partial charge in [-0.3, -0.25) is 9.59 Å². The number of piperidine rings is 1. The van der Waals surface area contributed by atoms with Crippen molar-refractivity contribution in [1.29, 1.82) is 0 Å². The molecule has 3 aliphatic rings. The smallest absolute Gasteiger partial charge is 0.323 e. The van der Waals surface area contributed by atoms with Crippen molar-refractivity contribution in [2.24, 2.45) is 11.8 Å². The molecule has 1 amide bonds. The van der Waals surface area contributed by atoms with E-state index in [9.17, 15) is 9.59 Å². The lowest BCUT2D eigenvalue weighted by Crippen LogP contribution is -2.54. The average Bonchev–Trinajstić information content (AvgIpc) is 3.26. The fourth-order valence-electron chi connectivity index (χ4n) is 3.61. The Morgan fingerprint density at radius 1 is 1.38 bits per heavy atom. The summed E-state index contributed by atoms with van der Waals surface area (Å²) < 4.78 is 5.22. The lowest BCUT2D eigenvalue weighted by molar-refractivity contribution is -0.143. The van der Waals surface area contributed by atoms with E-state index in [1.165, 1.54) is 0 Å². The molecule has 4 atom stereocenters. The van der Waals surface area contributed by atoms with E-state index < -0.39 is 0 Å². The Hall–Kier alpha value is -1.10. The van der Waals surface area contributed by atoms with Crippen LogP contribution in [0.25, 0.3) is 0 Å². The second-order valence-corrected chi connectivity index (χ2v) is 6.82. The molecule has 0 radical (unpaired) electrons. The van der Waals surface area contributed by atoms with Crippen LogP contribution in [0.4, 0.5) is 0 Å². The summed E-state index contributed by atoms with van der Waals surface area (Å²) in [5.74, 6) is 0.970. The van der Waals surface area contributed by atoms with Crippen LogP contribution in [0.1, 0.15) is 46.0 Å². The van der Waals surface area contributed by atoms with Crippen LogP contribution < -0.4 is 5.32 Å². The molecular formula is C16H26N2O3. The highest BCUT2D eigenvalue weighted by Gasteiger charge is 2.40. The van der Waals surface area contributed by atoms with Gasteiger partial charge in [0.15, 0.2) is 0 Å². The van der Waals surface area contributed by atoms with E-state index >= 15 is 0 Å². The minimum absolute atomic E-state index is 0.0200. The Balaban J connectivity index is 1.56. The number of rotatable bonds is 4. The van der Waals surface area contributed by atoms with Crippen LogP contribution in [-0.4, -0.2) is 48.1 Å². The summed E-state index contributed by atoms with van der Waals surface area (Å²) in [4.78, 5) is 26.0. The molecule has 5 heteroatoms. The van der Waals surface area contributed by atoms with Gasteiger partial charge in [-0.05, 0) is 32.1 Å². The first kappa shape index (κ1) is 14.8. The second-order valence-electron chi connectivity index (χ2n) is 6.82. The van der Waals surface area contributed by atoms with E-state index in [0.717, 1.165) is 45.2 Å². The zero-order chi connectivity index (χ0) is 15.0. The Morgan fingerprint density at radius 3 is 2.71 bits per heavy atom. The number of nitrogens with zero attached hydrogens (tertiary/aromatic N) is 1. The van der Waals surface area contributed by atoms with Crippen LogP contribution in [0.2, 0.25) is 0 Å². The predicted octanol–water partition coefficient (Wildman–Crippen LogP) is 1.32. The van der Waals surface area contributed by atoms with Crippen molar-refractivity contribution in [1.82, 2.24) is 10.2 Å². The number of carbonyl (C=O) groups excluding carboxylic acids is 2. The topological polar surface area (TPSA) is 58.6 Å². The number of carbonyl (C=O) groups is 2. The molecule has 1 N–H and O–H groups in total. The normalized spacial score (nSPS) is 36.7. The van der Waals surface area contributed by atoms with Gasteiger partial charge in [-0.15, -0.1) is 0 Å². The van der Waals surface area contributed by atoms with Crippen LogP contribution in [0.5, 0.6) is 0 Å². The summed E-state index contributed by atoms with van der Waals surface area (Å²) in [5, 5.41) is 3.49. The standard InChI is InChI=1S/C16H26N2O3/c1-3-11-9-18(15(19)12-4-5-12)7-6-13(11)17-14-8-10(2)21-16(14)20/h10-14,17H,3-9H2,1-2H3. The molecule has 2 saturated heterocycles. The maximum atomic E-state index is 12.2. The van der Waals surface area contributed by atoms with Crippen molar-refractivity contribution >= 4 is 11.9 Å². The van der Waals surface area contributed by atoms with Gasteiger partial charge in [0.2, 0.25) is 5.91 Å². The van der Waals surface area contributed by atoms with Crippen molar-refractivity contribution in [3.63, 3.8) is 0 Å². The van der Waals surface area contributed by atoms with Gasteiger partial charge in [-0.2, -0.15) is 0 Å². The van der Waals surface area contributed by atoms with Gasteiger partial charge < -0.3 is 15.0 Å². The number of cyclic esters (lactones) is 1. The SMILES string of the molecule is CCC1CN(C(=O)C2CC2)CCC1NC1CC(C)OC1=O. The zero-order valence-electron chi connectivity index (χ0n) is 13.0. The Kier molecular flexibility index (Phi) is 4.20. The van der Waals surface area contributed by atoms with Gasteiger partial charge in [0, 0.05) is 31.5 Å². The summed E-state index contributed by atoms with van der Waals surface area (Å²) in [7, 11) is 0. The summed E-state index contributed by atoms with van der Waals surface area (Å²) in [6.45, 7) is 5.76. The molecule has 4 unspecified atom stereocenters. The molecule has 0 bridgehead atoms. The third-order valence-electron chi connectivity index (χ3n) is 5.08. The third kappa shape index (κ3) is 3.23. The van der Waals surface area contributed by atoms with Crippen molar-refractivity contribution in [2.75, 3.05) is 13.1 Å². The number of nitrogens with one attached hydrogen (secondary N) is 1. The van der Waals surface area contributed by atoms with Crippen LogP contribution in [0.3, 0.4) is 0 Å². The highest BCUT2D eigenvalue weighted by Crippen LogP contribution is 2.33. The first-order valence-electron chi connectivity index (χ1n) is 8.33. The van der Waals surface area contributed by atoms with E-state index in [1.807, 2.05) is 11.8 Å². The molecule has 0 aromatic carbocycles. The number of hydrogen-bond donors (Lipinski definition) is 1. The fraction of sp³-hybridized carbons (Fsp3) is 0.875. The summed E-state index contributed by atoms with van der Waals surface area (Å²) in [5.41, 5.74) is 0. The monoisotopic (exact) mass is 294 g/mol. The van der Waals surface area contributed by atoms with Crippen LogP contribution >= 0.6 is 0 Å². The highest BCUT2D eigenvalue weighted by atomic mass is 16.6. The van der Waals surface area contributed by atoms with Gasteiger partial charge in [0.1, 0.15) is 12.1 Å². The van der Waals surface area contributed by atoms with E-state index in [2.05, 4.69) is 12.2 Å². The minimum Gasteiger partial charge on any atom is -0.461 e. The van der Waals surface area contributed by atoms with E-state index in [4.69, 9.17) is 4.74 Å². The van der Waals surface area contributed by atoms with Gasteiger partial charge in [0.05, 0.1) is 0 Å². The lowest BCUT2D eigenvalue weighted by atomic mass is 9.89. The molecule has 3 rings (SSSR count). The minimum atomic E-state index is -0.162. The molecule has 2 aliphatic heterocycles. The molecule has 0 spiro atoms. The lowest BCUT2D eigenvalue weighted by Gasteiger charge is -2.39. The summed E-state index contributed by atoms with van der Waals surface area (Å²) >= 11 is 0. The summed E-state index contributed by atoms with van der Waals surface area (Å²) in [6.07, 6.45) is 4.89. The number of hydrogen-bond acceptors (Lipinski definition) is 4. The zero-order valence-corrected chi connectivity index (χ0v) is 13.0. The fourth-order valence-corrected chi connectivity index (χ4v) is 3.61. The molecule has 1 aliphatic carbocycles. The number of likely N-dealkylation sites (tertiary alicyclic amines) is 1. The van der Waals surface area contributed by atoms with Crippen molar-refractivity contribution in [2.45, 2.75) is 64.1 Å². The van der Waals surface area contributed by atoms with Crippen molar-refractivity contribution in [3.05, 3.63) is 0 Å². The largest absolute Gasteiger partial charge is 0.461 e. The quantitative estimate of drug-likeness (QED) is 0.794. The molecule has 0 aromatic heterocycles. The number of esters is 1. The van der Waals surface area contributed by atoms with Crippen LogP contribution in [-0.2, 0) is 14.3 Å². The predicted molar refractivity (Wildman–Crippen MR) is 78.6 cm³/mol. The molecule has 5 nitrogen and oxygen atoms in total. The molecule has 2 heterocycles. The molecular weight excluding hydrogens is 268 g/mol. The summed E-state index contributed by atoms with van der Waals surface area (Å²) in [6, 6.07) is 0.158. The van der Waals surface area contributed by atoms with Crippen molar-refractivity contribution in [3.8, 4) is 0 Å². The maximum Gasteiger partial charge on any atom is 0.323 e.